The number of piperidine rings is 1. The molecule has 94 valence electrons. The molecule has 17 heavy (non-hydrogen) atoms. The van der Waals surface area contributed by atoms with E-state index in [0.29, 0.717) is 6.04 Å². The number of hydrogen-bond donors (Lipinski definition) is 1. The van der Waals surface area contributed by atoms with E-state index in [1.807, 2.05) is 6.92 Å². The van der Waals surface area contributed by atoms with E-state index < -0.39 is 0 Å². The summed E-state index contributed by atoms with van der Waals surface area (Å²) in [6.45, 7) is 6.39. The maximum absolute atomic E-state index is 4.46. The minimum Gasteiger partial charge on any atom is -0.366 e. The van der Waals surface area contributed by atoms with Crippen molar-refractivity contribution in [3.8, 4) is 0 Å². The molecule has 1 aromatic heterocycles. The normalized spacial score (nSPS) is 21.5. The number of aryl methyl sites for hydroxylation is 2. The SMILES string of the molecule is CCc1cc(NC2CCCN(C)C2)nc(C)n1. The van der Waals surface area contributed by atoms with E-state index in [9.17, 15) is 0 Å². The predicted octanol–water partition coefficient (Wildman–Crippen LogP) is 1.85. The smallest absolute Gasteiger partial charge is 0.130 e. The van der Waals surface area contributed by atoms with E-state index in [-0.39, 0.29) is 0 Å². The maximum Gasteiger partial charge on any atom is 0.130 e. The van der Waals surface area contributed by atoms with E-state index in [4.69, 9.17) is 0 Å². The van der Waals surface area contributed by atoms with Gasteiger partial charge in [-0.05, 0) is 39.8 Å². The molecule has 0 spiro atoms. The number of nitrogens with one attached hydrogen (secondary N) is 1. The molecule has 1 aliphatic rings. The van der Waals surface area contributed by atoms with Crippen molar-refractivity contribution < 1.29 is 0 Å². The van der Waals surface area contributed by atoms with Crippen LogP contribution in [0.2, 0.25) is 0 Å². The molecule has 1 aliphatic heterocycles. The zero-order valence-electron chi connectivity index (χ0n) is 11.0. The lowest BCUT2D eigenvalue weighted by molar-refractivity contribution is 0.260. The van der Waals surface area contributed by atoms with Gasteiger partial charge in [0.15, 0.2) is 0 Å². The zero-order valence-corrected chi connectivity index (χ0v) is 11.0. The van der Waals surface area contributed by atoms with Gasteiger partial charge in [0.2, 0.25) is 0 Å². The summed E-state index contributed by atoms with van der Waals surface area (Å²) in [7, 11) is 2.18. The summed E-state index contributed by atoms with van der Waals surface area (Å²) in [4.78, 5) is 11.2. The molecule has 1 unspecified atom stereocenters. The zero-order chi connectivity index (χ0) is 12.3. The molecule has 1 N–H and O–H groups in total. The lowest BCUT2D eigenvalue weighted by Crippen LogP contribution is -2.39. The monoisotopic (exact) mass is 234 g/mol. The largest absolute Gasteiger partial charge is 0.366 e. The van der Waals surface area contributed by atoms with Crippen LogP contribution in [0.15, 0.2) is 6.07 Å². The second kappa shape index (κ2) is 5.45. The molecule has 2 rings (SSSR count). The van der Waals surface area contributed by atoms with Gasteiger partial charge < -0.3 is 10.2 Å². The van der Waals surface area contributed by atoms with E-state index >= 15 is 0 Å². The summed E-state index contributed by atoms with van der Waals surface area (Å²) < 4.78 is 0. The van der Waals surface area contributed by atoms with Crippen molar-refractivity contribution in [2.45, 2.75) is 39.2 Å². The van der Waals surface area contributed by atoms with Gasteiger partial charge >= 0.3 is 0 Å². The summed E-state index contributed by atoms with van der Waals surface area (Å²) in [6, 6.07) is 2.59. The third kappa shape index (κ3) is 3.40. The Labute approximate surface area is 103 Å². The van der Waals surface area contributed by atoms with Crippen molar-refractivity contribution >= 4 is 5.82 Å². The van der Waals surface area contributed by atoms with E-state index in [0.717, 1.165) is 30.3 Å². The number of rotatable bonds is 3. The van der Waals surface area contributed by atoms with Crippen molar-refractivity contribution in [3.63, 3.8) is 0 Å². The van der Waals surface area contributed by atoms with Crippen LogP contribution in [-0.2, 0) is 6.42 Å². The molecule has 1 atom stereocenters. The standard InChI is InChI=1S/C13H22N4/c1-4-11-8-13(15-10(2)14-11)16-12-6-5-7-17(3)9-12/h8,12H,4-7,9H2,1-3H3,(H,14,15,16). The topological polar surface area (TPSA) is 41.0 Å². The first-order valence-corrected chi connectivity index (χ1v) is 6.47. The molecule has 0 bridgehead atoms. The molecule has 4 nitrogen and oxygen atoms in total. The van der Waals surface area contributed by atoms with Crippen LogP contribution in [0.25, 0.3) is 0 Å². The van der Waals surface area contributed by atoms with Crippen LogP contribution in [0.1, 0.15) is 31.3 Å². The molecule has 0 radical (unpaired) electrons. The van der Waals surface area contributed by atoms with Gasteiger partial charge in [-0.1, -0.05) is 6.92 Å². The van der Waals surface area contributed by atoms with Crippen molar-refractivity contribution in [1.82, 2.24) is 14.9 Å². The summed E-state index contributed by atoms with van der Waals surface area (Å²) in [5.74, 6) is 1.84. The van der Waals surface area contributed by atoms with Crippen molar-refractivity contribution in [3.05, 3.63) is 17.6 Å². The van der Waals surface area contributed by atoms with Crippen LogP contribution in [0.4, 0.5) is 5.82 Å². The quantitative estimate of drug-likeness (QED) is 0.866. The fraction of sp³-hybridized carbons (Fsp3) is 0.692. The molecular weight excluding hydrogens is 212 g/mol. The van der Waals surface area contributed by atoms with Gasteiger partial charge in [0, 0.05) is 24.3 Å². The Kier molecular flexibility index (Phi) is 3.94. The van der Waals surface area contributed by atoms with Gasteiger partial charge in [-0.2, -0.15) is 0 Å². The van der Waals surface area contributed by atoms with Crippen LogP contribution in [0.3, 0.4) is 0 Å². The summed E-state index contributed by atoms with van der Waals surface area (Å²) >= 11 is 0. The third-order valence-electron chi connectivity index (χ3n) is 3.23. The Morgan fingerprint density at radius 1 is 1.47 bits per heavy atom. The molecule has 0 aliphatic carbocycles. The van der Waals surface area contributed by atoms with Crippen LogP contribution in [-0.4, -0.2) is 41.0 Å². The molecule has 2 heterocycles. The molecule has 1 aromatic rings. The van der Waals surface area contributed by atoms with Gasteiger partial charge in [0.1, 0.15) is 11.6 Å². The highest BCUT2D eigenvalue weighted by molar-refractivity contribution is 5.37. The highest BCUT2D eigenvalue weighted by Gasteiger charge is 2.17. The van der Waals surface area contributed by atoms with E-state index in [1.54, 1.807) is 0 Å². The summed E-state index contributed by atoms with van der Waals surface area (Å²) in [6.07, 6.45) is 3.45. The van der Waals surface area contributed by atoms with Crippen LogP contribution in [0.5, 0.6) is 0 Å². The van der Waals surface area contributed by atoms with Gasteiger partial charge in [-0.15, -0.1) is 0 Å². The molecule has 4 heteroatoms. The molecule has 0 aromatic carbocycles. The highest BCUT2D eigenvalue weighted by atomic mass is 15.2. The molecular formula is C13H22N4. The van der Waals surface area contributed by atoms with Gasteiger partial charge in [-0.3, -0.25) is 0 Å². The Balaban J connectivity index is 2.04. The molecule has 1 fully saturated rings. The number of likely N-dealkylation sites (tertiary alicyclic amines) is 1. The number of hydrogen-bond acceptors (Lipinski definition) is 4. The molecule has 0 amide bonds. The first-order chi connectivity index (χ1) is 8.17. The second-order valence-corrected chi connectivity index (χ2v) is 4.89. The first kappa shape index (κ1) is 12.3. The van der Waals surface area contributed by atoms with Crippen LogP contribution in [0, 0.1) is 6.92 Å². The van der Waals surface area contributed by atoms with Crippen LogP contribution < -0.4 is 5.32 Å². The highest BCUT2D eigenvalue weighted by Crippen LogP contribution is 2.14. The van der Waals surface area contributed by atoms with Gasteiger partial charge in [0.25, 0.3) is 0 Å². The number of likely N-dealkylation sites (N-methyl/N-ethyl adjacent to an activating group) is 1. The Morgan fingerprint density at radius 3 is 3.00 bits per heavy atom. The summed E-state index contributed by atoms with van der Waals surface area (Å²) in [5, 5.41) is 3.53. The van der Waals surface area contributed by atoms with Crippen molar-refractivity contribution in [2.75, 3.05) is 25.5 Å². The maximum atomic E-state index is 4.46. The minimum absolute atomic E-state index is 0.521. The van der Waals surface area contributed by atoms with E-state index in [1.165, 1.54) is 19.4 Å². The average molecular weight is 234 g/mol. The predicted molar refractivity (Wildman–Crippen MR) is 70.3 cm³/mol. The van der Waals surface area contributed by atoms with Crippen molar-refractivity contribution in [2.24, 2.45) is 0 Å². The fourth-order valence-electron chi connectivity index (χ4n) is 2.38. The number of anilines is 1. The Morgan fingerprint density at radius 2 is 2.29 bits per heavy atom. The average Bonchev–Trinajstić information content (AvgIpc) is 2.28. The number of nitrogens with zero attached hydrogens (tertiary/aromatic N) is 3. The number of aromatic nitrogens is 2. The van der Waals surface area contributed by atoms with Crippen molar-refractivity contribution in [1.29, 1.82) is 0 Å². The lowest BCUT2D eigenvalue weighted by atomic mass is 10.1. The summed E-state index contributed by atoms with van der Waals surface area (Å²) in [5.41, 5.74) is 1.11. The molecule has 0 saturated carbocycles. The van der Waals surface area contributed by atoms with Crippen LogP contribution >= 0.6 is 0 Å². The first-order valence-electron chi connectivity index (χ1n) is 6.47. The second-order valence-electron chi connectivity index (χ2n) is 4.89. The molecule has 1 saturated heterocycles. The minimum atomic E-state index is 0.521. The Bertz CT molecular complexity index is 378. The van der Waals surface area contributed by atoms with E-state index in [2.05, 4.69) is 40.2 Å². The third-order valence-corrected chi connectivity index (χ3v) is 3.23. The lowest BCUT2D eigenvalue weighted by Gasteiger charge is -2.30. The Hall–Kier alpha value is -1.16. The van der Waals surface area contributed by atoms with Gasteiger partial charge in [0.05, 0.1) is 0 Å². The van der Waals surface area contributed by atoms with Gasteiger partial charge in [-0.25, -0.2) is 9.97 Å². The fourth-order valence-corrected chi connectivity index (χ4v) is 2.38.